The van der Waals surface area contributed by atoms with Gasteiger partial charge in [-0.2, -0.15) is 0 Å². The number of nitrogens with one attached hydrogen (secondary N) is 2. The molecule has 3 aromatic rings. The van der Waals surface area contributed by atoms with Crippen LogP contribution in [0.4, 0.5) is 10.8 Å². The molecule has 2 N–H and O–H groups in total. The third kappa shape index (κ3) is 6.57. The summed E-state index contributed by atoms with van der Waals surface area (Å²) in [6, 6.07) is 17.0. The fourth-order valence-electron chi connectivity index (χ4n) is 4.60. The average molecular weight is 505 g/mol. The molecule has 0 bridgehead atoms. The fourth-order valence-corrected chi connectivity index (χ4v) is 5.36. The van der Waals surface area contributed by atoms with Crippen LogP contribution in [0.5, 0.6) is 0 Å². The van der Waals surface area contributed by atoms with Crippen molar-refractivity contribution >= 4 is 39.9 Å². The molecule has 0 unspecified atom stereocenters. The Balaban J connectivity index is 1.44. The number of anilines is 2. The molecule has 8 heteroatoms. The highest BCUT2D eigenvalue weighted by Gasteiger charge is 2.30. The Hall–Kier alpha value is -3.52. The molecule has 1 aliphatic carbocycles. The Morgan fingerprint density at radius 2 is 1.69 bits per heavy atom. The lowest BCUT2D eigenvalue weighted by molar-refractivity contribution is -0.141. The maximum atomic E-state index is 13.5. The highest BCUT2D eigenvalue weighted by molar-refractivity contribution is 7.14. The summed E-state index contributed by atoms with van der Waals surface area (Å²) in [7, 11) is 0. The lowest BCUT2D eigenvalue weighted by atomic mass is 9.87. The fraction of sp³-hybridized carbons (Fsp3) is 0.357. The number of amides is 3. The molecule has 0 radical (unpaired) electrons. The van der Waals surface area contributed by atoms with Gasteiger partial charge in [0.25, 0.3) is 0 Å². The number of thiazole rings is 1. The van der Waals surface area contributed by atoms with E-state index >= 15 is 0 Å². The van der Waals surface area contributed by atoms with Gasteiger partial charge in [0, 0.05) is 29.5 Å². The van der Waals surface area contributed by atoms with Gasteiger partial charge in [-0.05, 0) is 37.5 Å². The Morgan fingerprint density at radius 3 is 2.36 bits per heavy atom. The molecule has 1 heterocycles. The molecule has 7 nitrogen and oxygen atoms in total. The summed E-state index contributed by atoms with van der Waals surface area (Å²) in [5, 5.41) is 8.04. The number of benzene rings is 2. The number of rotatable bonds is 8. The van der Waals surface area contributed by atoms with Crippen LogP contribution in [0.15, 0.2) is 60.0 Å². The summed E-state index contributed by atoms with van der Waals surface area (Å²) in [5.74, 6) is -0.338. The summed E-state index contributed by atoms with van der Waals surface area (Å²) >= 11 is 1.36. The molecule has 4 rings (SSSR count). The Labute approximate surface area is 215 Å². The van der Waals surface area contributed by atoms with E-state index in [2.05, 4.69) is 15.6 Å². The molecule has 0 aliphatic heterocycles. The zero-order chi connectivity index (χ0) is 25.5. The van der Waals surface area contributed by atoms with Crippen LogP contribution >= 0.6 is 11.3 Å². The molecule has 0 spiro atoms. The van der Waals surface area contributed by atoms with E-state index in [4.69, 9.17) is 0 Å². The molecule has 3 amide bonds. The lowest BCUT2D eigenvalue weighted by Gasteiger charge is -2.33. The predicted molar refractivity (Wildman–Crippen MR) is 144 cm³/mol. The Kier molecular flexibility index (Phi) is 8.48. The Bertz CT molecular complexity index is 1190. The smallest absolute Gasteiger partial charge is 0.244 e. The molecule has 1 fully saturated rings. The maximum Gasteiger partial charge on any atom is 0.244 e. The summed E-state index contributed by atoms with van der Waals surface area (Å²) < 4.78 is 0. The van der Waals surface area contributed by atoms with Crippen molar-refractivity contribution in [2.75, 3.05) is 17.2 Å². The van der Waals surface area contributed by atoms with E-state index in [1.165, 1.54) is 24.7 Å². The van der Waals surface area contributed by atoms with Crippen molar-refractivity contribution in [3.05, 3.63) is 65.5 Å². The number of aromatic nitrogens is 1. The first kappa shape index (κ1) is 25.6. The van der Waals surface area contributed by atoms with Crippen molar-refractivity contribution in [3.63, 3.8) is 0 Å². The van der Waals surface area contributed by atoms with Gasteiger partial charge in [0.2, 0.25) is 17.7 Å². The predicted octanol–water partition coefficient (Wildman–Crippen LogP) is 5.88. The minimum Gasteiger partial charge on any atom is -0.326 e. The van der Waals surface area contributed by atoms with Crippen LogP contribution < -0.4 is 10.6 Å². The van der Waals surface area contributed by atoms with E-state index in [0.29, 0.717) is 10.8 Å². The molecular weight excluding hydrogens is 472 g/mol. The van der Waals surface area contributed by atoms with Crippen LogP contribution in [-0.4, -0.2) is 34.2 Å². The number of carbonyl (C=O) groups excluding carboxylic acids is 3. The average Bonchev–Trinajstić information content (AvgIpc) is 3.35. The van der Waals surface area contributed by atoms with Crippen molar-refractivity contribution in [1.29, 1.82) is 0 Å². The summed E-state index contributed by atoms with van der Waals surface area (Å²) in [5.41, 5.74) is 3.30. The second-order valence-electron chi connectivity index (χ2n) is 9.23. The number of hydrogen-bond acceptors (Lipinski definition) is 5. The minimum absolute atomic E-state index is 0.000687. The number of nitrogens with zero attached hydrogens (tertiary/aromatic N) is 2. The van der Waals surface area contributed by atoms with E-state index in [1.54, 1.807) is 4.90 Å². The van der Waals surface area contributed by atoms with Crippen LogP contribution in [0.1, 0.15) is 57.6 Å². The van der Waals surface area contributed by atoms with Gasteiger partial charge in [-0.15, -0.1) is 11.3 Å². The molecule has 1 aliphatic rings. The monoisotopic (exact) mass is 504 g/mol. The molecule has 1 atom stereocenters. The van der Waals surface area contributed by atoms with Gasteiger partial charge in [0.1, 0.15) is 6.54 Å². The normalized spacial score (nSPS) is 14.6. The van der Waals surface area contributed by atoms with Crippen molar-refractivity contribution in [1.82, 2.24) is 9.88 Å². The molecule has 2 aromatic carbocycles. The standard InChI is InChI=1S/C28H32N4O3S/c1-19(21-9-5-3-6-10-21)32(27(35)23-11-7-4-8-12-23)17-26(34)30-24-15-13-22(14-16-24)25-18-36-28(31-25)29-20(2)33/h3,5-6,9-10,13-16,18-19,23H,4,7-8,11-12,17H2,1-2H3,(H,30,34)(H,29,31,33)/t19-/m1/s1. The van der Waals surface area contributed by atoms with Gasteiger partial charge in [-0.3, -0.25) is 14.4 Å². The molecule has 1 aromatic heterocycles. The zero-order valence-corrected chi connectivity index (χ0v) is 21.5. The van der Waals surface area contributed by atoms with E-state index in [0.717, 1.165) is 42.5 Å². The van der Waals surface area contributed by atoms with Crippen molar-refractivity contribution in [3.8, 4) is 11.3 Å². The molecular formula is C28H32N4O3S. The molecule has 36 heavy (non-hydrogen) atoms. The van der Waals surface area contributed by atoms with Crippen molar-refractivity contribution in [2.45, 2.75) is 52.0 Å². The van der Waals surface area contributed by atoms with Crippen LogP contribution in [0.25, 0.3) is 11.3 Å². The Morgan fingerprint density at radius 1 is 1.00 bits per heavy atom. The van der Waals surface area contributed by atoms with E-state index in [9.17, 15) is 14.4 Å². The largest absolute Gasteiger partial charge is 0.326 e. The van der Waals surface area contributed by atoms with Gasteiger partial charge < -0.3 is 15.5 Å². The maximum absolute atomic E-state index is 13.5. The highest BCUT2D eigenvalue weighted by Crippen LogP contribution is 2.30. The second kappa shape index (κ2) is 11.9. The summed E-state index contributed by atoms with van der Waals surface area (Å²) in [6.45, 7) is 3.43. The van der Waals surface area contributed by atoms with E-state index < -0.39 is 0 Å². The summed E-state index contributed by atoms with van der Waals surface area (Å²) in [4.78, 5) is 43.9. The van der Waals surface area contributed by atoms with Gasteiger partial charge in [0.15, 0.2) is 5.13 Å². The van der Waals surface area contributed by atoms with Crippen LogP contribution in [0.3, 0.4) is 0 Å². The van der Waals surface area contributed by atoms with Crippen LogP contribution in [0, 0.1) is 5.92 Å². The van der Waals surface area contributed by atoms with Crippen LogP contribution in [-0.2, 0) is 14.4 Å². The van der Waals surface area contributed by atoms with Crippen molar-refractivity contribution < 1.29 is 14.4 Å². The van der Waals surface area contributed by atoms with Gasteiger partial charge >= 0.3 is 0 Å². The zero-order valence-electron chi connectivity index (χ0n) is 20.7. The number of hydrogen-bond donors (Lipinski definition) is 2. The highest BCUT2D eigenvalue weighted by atomic mass is 32.1. The van der Waals surface area contributed by atoms with Crippen molar-refractivity contribution in [2.24, 2.45) is 5.92 Å². The molecule has 0 saturated heterocycles. The minimum atomic E-state index is -0.226. The second-order valence-corrected chi connectivity index (χ2v) is 10.1. The van der Waals surface area contributed by atoms with E-state index in [1.807, 2.05) is 66.9 Å². The SMILES string of the molecule is CC(=O)Nc1nc(-c2ccc(NC(=O)CN(C(=O)C3CCCCC3)[C@H](C)c3ccccc3)cc2)cs1. The molecule has 1 saturated carbocycles. The first-order valence-corrected chi connectivity index (χ1v) is 13.3. The summed E-state index contributed by atoms with van der Waals surface area (Å²) in [6.07, 6.45) is 5.08. The topological polar surface area (TPSA) is 91.4 Å². The number of carbonyl (C=O) groups is 3. The first-order valence-electron chi connectivity index (χ1n) is 12.4. The van der Waals surface area contributed by atoms with E-state index in [-0.39, 0.29) is 36.2 Å². The lowest BCUT2D eigenvalue weighted by Crippen LogP contribution is -2.43. The first-order chi connectivity index (χ1) is 17.4. The van der Waals surface area contributed by atoms with Gasteiger partial charge in [0.05, 0.1) is 11.7 Å². The van der Waals surface area contributed by atoms with Gasteiger partial charge in [-0.25, -0.2) is 4.98 Å². The quantitative estimate of drug-likeness (QED) is 0.401. The van der Waals surface area contributed by atoms with Crippen LogP contribution in [0.2, 0.25) is 0 Å². The van der Waals surface area contributed by atoms with Gasteiger partial charge in [-0.1, -0.05) is 61.7 Å². The third-order valence-electron chi connectivity index (χ3n) is 6.55. The third-order valence-corrected chi connectivity index (χ3v) is 7.31. The molecule has 188 valence electrons.